The number of hydrogen-bond donors (Lipinski definition) is 0. The van der Waals surface area contributed by atoms with Gasteiger partial charge in [-0.3, -0.25) is 9.59 Å². The zero-order chi connectivity index (χ0) is 18.1. The molecule has 0 spiro atoms. The van der Waals surface area contributed by atoms with Gasteiger partial charge in [-0.25, -0.2) is 4.68 Å². The Morgan fingerprint density at radius 2 is 2.08 bits per heavy atom. The van der Waals surface area contributed by atoms with Crippen LogP contribution in [0.25, 0.3) is 0 Å². The molecule has 1 aromatic heterocycles. The molecule has 0 N–H and O–H groups in total. The average Bonchev–Trinajstić information content (AvgIpc) is 2.60. The van der Waals surface area contributed by atoms with Gasteiger partial charge in [0.15, 0.2) is 0 Å². The van der Waals surface area contributed by atoms with Crippen LogP contribution in [-0.4, -0.2) is 21.7 Å². The van der Waals surface area contributed by atoms with E-state index < -0.39 is 5.56 Å². The van der Waals surface area contributed by atoms with E-state index in [1.54, 1.807) is 18.7 Å². The maximum atomic E-state index is 12.9. The maximum Gasteiger partial charge on any atom is 0.285 e. The number of benzene rings is 1. The monoisotopic (exact) mass is 336 g/mol. The molecule has 0 saturated heterocycles. The molecular formula is C19H20N4O2. The Morgan fingerprint density at radius 3 is 2.80 bits per heavy atom. The molecule has 6 heteroatoms. The minimum absolute atomic E-state index is 0.0485. The molecule has 1 amide bonds. The van der Waals surface area contributed by atoms with E-state index in [2.05, 4.69) is 5.10 Å². The zero-order valence-corrected chi connectivity index (χ0v) is 14.6. The van der Waals surface area contributed by atoms with E-state index in [4.69, 9.17) is 0 Å². The fraction of sp³-hybridized carbons (Fsp3) is 0.368. The summed E-state index contributed by atoms with van der Waals surface area (Å²) >= 11 is 0. The number of hydrogen-bond acceptors (Lipinski definition) is 4. The lowest BCUT2D eigenvalue weighted by Crippen LogP contribution is -2.45. The van der Waals surface area contributed by atoms with Crippen molar-refractivity contribution in [2.45, 2.75) is 46.2 Å². The van der Waals surface area contributed by atoms with Crippen LogP contribution >= 0.6 is 0 Å². The van der Waals surface area contributed by atoms with E-state index >= 15 is 0 Å². The summed E-state index contributed by atoms with van der Waals surface area (Å²) in [5.41, 5.74) is 2.70. The van der Waals surface area contributed by atoms with Crippen molar-refractivity contribution in [1.29, 1.82) is 5.26 Å². The molecule has 2 aromatic rings. The van der Waals surface area contributed by atoms with Gasteiger partial charge in [-0.15, -0.1) is 0 Å². The van der Waals surface area contributed by atoms with Gasteiger partial charge < -0.3 is 4.90 Å². The number of nitriles is 1. The number of para-hydroxylation sites is 1. The van der Waals surface area contributed by atoms with Gasteiger partial charge in [-0.05, 0) is 50.8 Å². The third-order valence-corrected chi connectivity index (χ3v) is 4.83. The highest BCUT2D eigenvalue weighted by atomic mass is 16.2. The number of carbonyl (C=O) groups excluding carboxylic acids is 1. The molecule has 6 nitrogen and oxygen atoms in total. The van der Waals surface area contributed by atoms with Gasteiger partial charge in [0.25, 0.3) is 5.56 Å². The SMILES string of the molecule is Cc1nn(CC(=O)N2c3ccccc3CC[C@@H]2C)c(=O)c(C#N)c1C. The third-order valence-electron chi connectivity index (χ3n) is 4.83. The summed E-state index contributed by atoms with van der Waals surface area (Å²) in [5, 5.41) is 13.4. The molecule has 0 unspecified atom stereocenters. The van der Waals surface area contributed by atoms with Crippen molar-refractivity contribution in [2.75, 3.05) is 4.90 Å². The highest BCUT2D eigenvalue weighted by molar-refractivity contribution is 5.95. The van der Waals surface area contributed by atoms with E-state index in [0.29, 0.717) is 11.3 Å². The average molecular weight is 336 g/mol. The van der Waals surface area contributed by atoms with Crippen LogP contribution in [0.2, 0.25) is 0 Å². The van der Waals surface area contributed by atoms with Crippen molar-refractivity contribution in [3.63, 3.8) is 0 Å². The lowest BCUT2D eigenvalue weighted by atomic mass is 9.96. The van der Waals surface area contributed by atoms with E-state index in [-0.39, 0.29) is 24.1 Å². The summed E-state index contributed by atoms with van der Waals surface area (Å²) in [5.74, 6) is -0.193. The molecule has 1 aliphatic rings. The van der Waals surface area contributed by atoms with Gasteiger partial charge in [-0.1, -0.05) is 18.2 Å². The first kappa shape index (κ1) is 16.9. The fourth-order valence-electron chi connectivity index (χ4n) is 3.28. The van der Waals surface area contributed by atoms with Crippen LogP contribution in [0.3, 0.4) is 0 Å². The molecule has 128 valence electrons. The van der Waals surface area contributed by atoms with Crippen molar-refractivity contribution in [2.24, 2.45) is 0 Å². The molecule has 0 saturated carbocycles. The molecule has 2 heterocycles. The Labute approximate surface area is 146 Å². The van der Waals surface area contributed by atoms with Crippen LogP contribution in [-0.2, 0) is 17.8 Å². The second kappa shape index (κ2) is 6.52. The second-order valence-corrected chi connectivity index (χ2v) is 6.44. The Kier molecular flexibility index (Phi) is 4.41. The molecule has 25 heavy (non-hydrogen) atoms. The van der Waals surface area contributed by atoms with Crippen molar-refractivity contribution >= 4 is 11.6 Å². The first-order chi connectivity index (χ1) is 11.9. The normalized spacial score (nSPS) is 16.2. The van der Waals surface area contributed by atoms with Crippen LogP contribution in [0, 0.1) is 25.2 Å². The summed E-state index contributed by atoms with van der Waals surface area (Å²) in [7, 11) is 0. The molecule has 0 fully saturated rings. The number of carbonyl (C=O) groups is 1. The molecule has 3 rings (SSSR count). The van der Waals surface area contributed by atoms with E-state index in [0.717, 1.165) is 28.8 Å². The molecule has 1 aliphatic heterocycles. The quantitative estimate of drug-likeness (QED) is 0.841. The largest absolute Gasteiger partial charge is 0.308 e. The Balaban J connectivity index is 1.98. The molecule has 0 radical (unpaired) electrons. The number of fused-ring (bicyclic) bond motifs is 1. The minimum Gasteiger partial charge on any atom is -0.308 e. The van der Waals surface area contributed by atoms with Gasteiger partial charge in [0, 0.05) is 11.7 Å². The van der Waals surface area contributed by atoms with Gasteiger partial charge in [0.1, 0.15) is 18.2 Å². The summed E-state index contributed by atoms with van der Waals surface area (Å²) in [6, 6.07) is 9.81. The highest BCUT2D eigenvalue weighted by Gasteiger charge is 2.28. The number of nitrogens with zero attached hydrogens (tertiary/aromatic N) is 4. The van der Waals surface area contributed by atoms with Crippen LogP contribution in [0.5, 0.6) is 0 Å². The van der Waals surface area contributed by atoms with Crippen LogP contribution in [0.1, 0.15) is 35.7 Å². The highest BCUT2D eigenvalue weighted by Crippen LogP contribution is 2.30. The summed E-state index contributed by atoms with van der Waals surface area (Å²) in [6.45, 7) is 5.26. The van der Waals surface area contributed by atoms with Gasteiger partial charge >= 0.3 is 0 Å². The smallest absolute Gasteiger partial charge is 0.285 e. The third kappa shape index (κ3) is 2.93. The maximum absolute atomic E-state index is 12.9. The van der Waals surface area contributed by atoms with E-state index in [9.17, 15) is 14.9 Å². The summed E-state index contributed by atoms with van der Waals surface area (Å²) < 4.78 is 1.10. The molecule has 0 aliphatic carbocycles. The number of amides is 1. The standard InChI is InChI=1S/C19H20N4O2/c1-12-8-9-15-6-4-5-7-17(15)23(12)18(24)11-22-19(25)16(10-20)13(2)14(3)21-22/h4-7,12H,8-9,11H2,1-3H3/t12-/m0/s1. The second-order valence-electron chi connectivity index (χ2n) is 6.44. The predicted molar refractivity (Wildman–Crippen MR) is 94.4 cm³/mol. The number of aryl methyl sites for hydroxylation is 2. The topological polar surface area (TPSA) is 79.0 Å². The van der Waals surface area contributed by atoms with Crippen LogP contribution < -0.4 is 10.5 Å². The Morgan fingerprint density at radius 1 is 1.36 bits per heavy atom. The number of anilines is 1. The van der Waals surface area contributed by atoms with Crippen LogP contribution in [0.15, 0.2) is 29.1 Å². The van der Waals surface area contributed by atoms with Crippen molar-refractivity contribution in [3.8, 4) is 6.07 Å². The lowest BCUT2D eigenvalue weighted by molar-refractivity contribution is -0.120. The molecule has 0 bridgehead atoms. The van der Waals surface area contributed by atoms with E-state index in [1.165, 1.54) is 0 Å². The molecular weight excluding hydrogens is 316 g/mol. The summed E-state index contributed by atoms with van der Waals surface area (Å²) in [4.78, 5) is 27.1. The predicted octanol–water partition coefficient (Wildman–Crippen LogP) is 2.10. The van der Waals surface area contributed by atoms with Crippen molar-refractivity contribution in [1.82, 2.24) is 9.78 Å². The molecule has 1 aromatic carbocycles. The first-order valence-electron chi connectivity index (χ1n) is 8.32. The zero-order valence-electron chi connectivity index (χ0n) is 14.6. The van der Waals surface area contributed by atoms with Crippen LogP contribution in [0.4, 0.5) is 5.69 Å². The van der Waals surface area contributed by atoms with Gasteiger partial charge in [-0.2, -0.15) is 10.4 Å². The fourth-order valence-corrected chi connectivity index (χ4v) is 3.28. The first-order valence-corrected chi connectivity index (χ1v) is 8.32. The minimum atomic E-state index is -0.517. The van der Waals surface area contributed by atoms with Crippen molar-refractivity contribution in [3.05, 3.63) is 57.0 Å². The van der Waals surface area contributed by atoms with Gasteiger partial charge in [0.05, 0.1) is 5.69 Å². The lowest BCUT2D eigenvalue weighted by Gasteiger charge is -2.35. The van der Waals surface area contributed by atoms with Gasteiger partial charge in [0.2, 0.25) is 5.91 Å². The van der Waals surface area contributed by atoms with E-state index in [1.807, 2.05) is 37.3 Å². The Bertz CT molecular complexity index is 939. The summed E-state index contributed by atoms with van der Waals surface area (Å²) in [6.07, 6.45) is 1.81. The molecule has 1 atom stereocenters. The van der Waals surface area contributed by atoms with Crippen molar-refractivity contribution < 1.29 is 4.79 Å². The number of rotatable bonds is 2. The number of aromatic nitrogens is 2. The Hall–Kier alpha value is -2.94.